The third-order valence-electron chi connectivity index (χ3n) is 2.72. The molecule has 2 rings (SSSR count). The van der Waals surface area contributed by atoms with Gasteiger partial charge in [-0.3, -0.25) is 0 Å². The van der Waals surface area contributed by atoms with Crippen molar-refractivity contribution in [1.29, 1.82) is 0 Å². The fourth-order valence-electron chi connectivity index (χ4n) is 1.70. The van der Waals surface area contributed by atoms with Crippen molar-refractivity contribution in [3.63, 3.8) is 0 Å². The van der Waals surface area contributed by atoms with Crippen LogP contribution < -0.4 is 5.73 Å². The van der Waals surface area contributed by atoms with E-state index in [1.807, 2.05) is 30.3 Å². The first kappa shape index (κ1) is 14.4. The SMILES string of the molecule is Br.Nc1ccc(CCc2ccc(O)c(O)c2)cc1. The molecule has 0 fully saturated rings. The highest BCUT2D eigenvalue weighted by Crippen LogP contribution is 2.25. The minimum Gasteiger partial charge on any atom is -0.504 e. The van der Waals surface area contributed by atoms with E-state index in [9.17, 15) is 10.2 Å². The van der Waals surface area contributed by atoms with E-state index in [0.717, 1.165) is 24.1 Å². The van der Waals surface area contributed by atoms with E-state index >= 15 is 0 Å². The van der Waals surface area contributed by atoms with Gasteiger partial charge in [-0.1, -0.05) is 18.2 Å². The van der Waals surface area contributed by atoms with Crippen molar-refractivity contribution in [2.24, 2.45) is 0 Å². The van der Waals surface area contributed by atoms with Gasteiger partial charge in [0.1, 0.15) is 0 Å². The zero-order valence-corrected chi connectivity index (χ0v) is 11.5. The maximum Gasteiger partial charge on any atom is 0.157 e. The van der Waals surface area contributed by atoms with Crippen LogP contribution in [0.2, 0.25) is 0 Å². The molecule has 0 unspecified atom stereocenters. The predicted octanol–water partition coefficient (Wildman–Crippen LogP) is 3.04. The number of hydrogen-bond donors (Lipinski definition) is 3. The van der Waals surface area contributed by atoms with E-state index < -0.39 is 0 Å². The van der Waals surface area contributed by atoms with Gasteiger partial charge in [0, 0.05) is 5.69 Å². The van der Waals surface area contributed by atoms with E-state index in [2.05, 4.69) is 0 Å². The lowest BCUT2D eigenvalue weighted by molar-refractivity contribution is 0.403. The van der Waals surface area contributed by atoms with Crippen molar-refractivity contribution < 1.29 is 10.2 Å². The molecule has 0 heterocycles. The molecule has 0 amide bonds. The third-order valence-corrected chi connectivity index (χ3v) is 2.72. The smallest absolute Gasteiger partial charge is 0.157 e. The molecular formula is C14H16BrNO2. The van der Waals surface area contributed by atoms with Crippen LogP contribution >= 0.6 is 17.0 Å². The second kappa shape index (κ2) is 6.31. The Bertz CT molecular complexity index is 512. The summed E-state index contributed by atoms with van der Waals surface area (Å²) in [4.78, 5) is 0. The minimum atomic E-state index is -0.0822. The Morgan fingerprint density at radius 2 is 1.33 bits per heavy atom. The fourth-order valence-corrected chi connectivity index (χ4v) is 1.70. The normalized spacial score (nSPS) is 9.78. The van der Waals surface area contributed by atoms with E-state index in [0.29, 0.717) is 0 Å². The second-order valence-corrected chi connectivity index (χ2v) is 4.06. The topological polar surface area (TPSA) is 66.5 Å². The molecule has 0 aliphatic carbocycles. The van der Waals surface area contributed by atoms with Gasteiger partial charge in [-0.15, -0.1) is 17.0 Å². The molecule has 0 saturated heterocycles. The molecule has 4 heteroatoms. The second-order valence-electron chi connectivity index (χ2n) is 4.06. The lowest BCUT2D eigenvalue weighted by Crippen LogP contribution is -1.92. The van der Waals surface area contributed by atoms with Gasteiger partial charge >= 0.3 is 0 Å². The Morgan fingerprint density at radius 1 is 0.778 bits per heavy atom. The number of aryl methyl sites for hydroxylation is 2. The number of anilines is 1. The molecular weight excluding hydrogens is 294 g/mol. The summed E-state index contributed by atoms with van der Waals surface area (Å²) >= 11 is 0. The summed E-state index contributed by atoms with van der Waals surface area (Å²) in [6, 6.07) is 12.7. The Morgan fingerprint density at radius 3 is 1.94 bits per heavy atom. The lowest BCUT2D eigenvalue weighted by atomic mass is 10.0. The summed E-state index contributed by atoms with van der Waals surface area (Å²) in [6.45, 7) is 0. The number of hydrogen-bond acceptors (Lipinski definition) is 3. The molecule has 0 saturated carbocycles. The highest BCUT2D eigenvalue weighted by molar-refractivity contribution is 8.93. The van der Waals surface area contributed by atoms with Gasteiger partial charge in [-0.2, -0.15) is 0 Å². The van der Waals surface area contributed by atoms with Crippen LogP contribution in [0.3, 0.4) is 0 Å². The molecule has 4 N–H and O–H groups in total. The largest absolute Gasteiger partial charge is 0.504 e. The predicted molar refractivity (Wildman–Crippen MR) is 78.4 cm³/mol. The van der Waals surface area contributed by atoms with Gasteiger partial charge in [0.2, 0.25) is 0 Å². The van der Waals surface area contributed by atoms with Crippen LogP contribution in [0, 0.1) is 0 Å². The van der Waals surface area contributed by atoms with Gasteiger partial charge in [0.05, 0.1) is 0 Å². The van der Waals surface area contributed by atoms with Gasteiger partial charge in [0.25, 0.3) is 0 Å². The van der Waals surface area contributed by atoms with Crippen LogP contribution in [0.25, 0.3) is 0 Å². The Labute approximate surface area is 117 Å². The summed E-state index contributed by atoms with van der Waals surface area (Å²) in [7, 11) is 0. The molecule has 0 atom stereocenters. The van der Waals surface area contributed by atoms with Crippen molar-refractivity contribution in [2.75, 3.05) is 5.73 Å². The standard InChI is InChI=1S/C14H15NO2.BrH/c15-12-6-3-10(4-7-12)1-2-11-5-8-13(16)14(17)9-11;/h3-9,16-17H,1-2,15H2;1H. The van der Waals surface area contributed by atoms with Crippen LogP contribution in [0.1, 0.15) is 11.1 Å². The van der Waals surface area contributed by atoms with Crippen LogP contribution in [0.4, 0.5) is 5.69 Å². The highest BCUT2D eigenvalue weighted by atomic mass is 79.9. The summed E-state index contributed by atoms with van der Waals surface area (Å²) in [5.74, 6) is -0.152. The summed E-state index contributed by atoms with van der Waals surface area (Å²) in [6.07, 6.45) is 1.70. The fraction of sp³-hybridized carbons (Fsp3) is 0.143. The molecule has 0 spiro atoms. The number of benzene rings is 2. The number of nitrogens with two attached hydrogens (primary N) is 1. The maximum atomic E-state index is 9.37. The number of phenols is 2. The number of rotatable bonds is 3. The molecule has 0 aliphatic heterocycles. The van der Waals surface area contributed by atoms with Crippen molar-refractivity contribution >= 4 is 22.7 Å². The number of phenolic OH excluding ortho intramolecular Hbond substituents is 2. The molecule has 96 valence electrons. The van der Waals surface area contributed by atoms with Crippen LogP contribution in [-0.4, -0.2) is 10.2 Å². The van der Waals surface area contributed by atoms with Crippen LogP contribution in [0.5, 0.6) is 11.5 Å². The average molecular weight is 310 g/mol. The zero-order chi connectivity index (χ0) is 12.3. The zero-order valence-electron chi connectivity index (χ0n) is 9.84. The third kappa shape index (κ3) is 3.67. The quantitative estimate of drug-likeness (QED) is 0.603. The van der Waals surface area contributed by atoms with Gasteiger partial charge in [-0.25, -0.2) is 0 Å². The first-order valence-corrected chi connectivity index (χ1v) is 5.50. The molecule has 0 aliphatic rings. The average Bonchev–Trinajstić information content (AvgIpc) is 2.33. The minimum absolute atomic E-state index is 0. The van der Waals surface area contributed by atoms with Crippen LogP contribution in [-0.2, 0) is 12.8 Å². The summed E-state index contributed by atoms with van der Waals surface area (Å²) in [5, 5.41) is 18.6. The Balaban J connectivity index is 0.00000162. The molecule has 2 aromatic rings. The highest BCUT2D eigenvalue weighted by Gasteiger charge is 2.01. The van der Waals surface area contributed by atoms with Crippen molar-refractivity contribution in [2.45, 2.75) is 12.8 Å². The Hall–Kier alpha value is -1.68. The van der Waals surface area contributed by atoms with E-state index in [4.69, 9.17) is 5.73 Å². The van der Waals surface area contributed by atoms with Crippen molar-refractivity contribution in [1.82, 2.24) is 0 Å². The maximum absolute atomic E-state index is 9.37. The number of halogens is 1. The van der Waals surface area contributed by atoms with E-state index in [1.165, 1.54) is 11.6 Å². The first-order valence-electron chi connectivity index (χ1n) is 5.50. The number of aromatic hydroxyl groups is 2. The molecule has 2 aromatic carbocycles. The molecule has 3 nitrogen and oxygen atoms in total. The van der Waals surface area contributed by atoms with Crippen LogP contribution in [0.15, 0.2) is 42.5 Å². The van der Waals surface area contributed by atoms with Gasteiger partial charge in [-0.05, 0) is 48.2 Å². The molecule has 0 radical (unpaired) electrons. The van der Waals surface area contributed by atoms with Gasteiger partial charge in [0.15, 0.2) is 11.5 Å². The number of nitrogen functional groups attached to an aromatic ring is 1. The first-order chi connectivity index (χ1) is 8.15. The van der Waals surface area contributed by atoms with Gasteiger partial charge < -0.3 is 15.9 Å². The lowest BCUT2D eigenvalue weighted by Gasteiger charge is -2.04. The van der Waals surface area contributed by atoms with E-state index in [1.54, 1.807) is 6.07 Å². The molecule has 0 bridgehead atoms. The Kier molecular flexibility index (Phi) is 5.04. The summed E-state index contributed by atoms with van der Waals surface area (Å²) < 4.78 is 0. The monoisotopic (exact) mass is 309 g/mol. The van der Waals surface area contributed by atoms with Crippen molar-refractivity contribution in [3.05, 3.63) is 53.6 Å². The van der Waals surface area contributed by atoms with Crippen molar-refractivity contribution in [3.8, 4) is 11.5 Å². The summed E-state index contributed by atoms with van der Waals surface area (Å²) in [5.41, 5.74) is 8.57. The molecule has 18 heavy (non-hydrogen) atoms. The van der Waals surface area contributed by atoms with E-state index in [-0.39, 0.29) is 28.5 Å². The molecule has 0 aromatic heterocycles.